The first-order valence-corrected chi connectivity index (χ1v) is 13.0. The Hall–Kier alpha value is -4.11. The van der Waals surface area contributed by atoms with E-state index >= 15 is 0 Å². The van der Waals surface area contributed by atoms with Gasteiger partial charge in [-0.1, -0.05) is 97.1 Å². The number of rotatable bonds is 3. The van der Waals surface area contributed by atoms with Crippen molar-refractivity contribution in [3.63, 3.8) is 0 Å². The van der Waals surface area contributed by atoms with Crippen LogP contribution in [0.2, 0.25) is 0 Å². The molecule has 3 heteroatoms. The summed E-state index contributed by atoms with van der Waals surface area (Å²) in [6, 6.07) is 24.3. The van der Waals surface area contributed by atoms with Crippen molar-refractivity contribution in [1.29, 1.82) is 0 Å². The number of allylic oxidation sites excluding steroid dienone is 4. The molecule has 2 atom stereocenters. The predicted octanol–water partition coefficient (Wildman–Crippen LogP) is 7.16. The van der Waals surface area contributed by atoms with Crippen LogP contribution >= 0.6 is 0 Å². The molecule has 2 aliphatic carbocycles. The molecule has 0 spiro atoms. The third-order valence-corrected chi connectivity index (χ3v) is 7.62. The fourth-order valence-electron chi connectivity index (χ4n) is 5.92. The minimum absolute atomic E-state index is 0.227. The summed E-state index contributed by atoms with van der Waals surface area (Å²) in [5.74, 6) is 1.47. The van der Waals surface area contributed by atoms with Gasteiger partial charge in [-0.25, -0.2) is 0 Å². The monoisotopic (exact) mass is 467 g/mol. The van der Waals surface area contributed by atoms with Crippen LogP contribution in [0.1, 0.15) is 35.6 Å². The SMILES string of the molecule is C1=CC(n2c3c(c4ccc5ccccc5c42)C=CC(NC2=CC(c4ccccc4)CC=C2)C3)=NCC1. The lowest BCUT2D eigenvalue weighted by atomic mass is 9.91. The molecule has 0 bridgehead atoms. The number of aliphatic imine (C=N–C) groups is 1. The van der Waals surface area contributed by atoms with Gasteiger partial charge in [0, 0.05) is 46.6 Å². The topological polar surface area (TPSA) is 29.3 Å². The molecule has 0 saturated heterocycles. The lowest BCUT2D eigenvalue weighted by molar-refractivity contribution is 0.648. The highest BCUT2D eigenvalue weighted by Gasteiger charge is 2.25. The van der Waals surface area contributed by atoms with E-state index in [-0.39, 0.29) is 6.04 Å². The summed E-state index contributed by atoms with van der Waals surface area (Å²) in [7, 11) is 0. The third-order valence-electron chi connectivity index (χ3n) is 7.62. The van der Waals surface area contributed by atoms with Gasteiger partial charge in [-0.3, -0.25) is 9.56 Å². The van der Waals surface area contributed by atoms with Gasteiger partial charge in [0.1, 0.15) is 5.84 Å². The molecule has 7 rings (SSSR count). The van der Waals surface area contributed by atoms with E-state index in [1.165, 1.54) is 44.2 Å². The maximum absolute atomic E-state index is 4.95. The first-order chi connectivity index (χ1) is 17.8. The quantitative estimate of drug-likeness (QED) is 0.340. The second kappa shape index (κ2) is 8.83. The molecular weight excluding hydrogens is 438 g/mol. The van der Waals surface area contributed by atoms with E-state index < -0.39 is 0 Å². The van der Waals surface area contributed by atoms with Crippen molar-refractivity contribution in [1.82, 2.24) is 9.88 Å². The van der Waals surface area contributed by atoms with E-state index in [9.17, 15) is 0 Å². The maximum atomic E-state index is 4.95. The zero-order valence-corrected chi connectivity index (χ0v) is 20.3. The molecule has 36 heavy (non-hydrogen) atoms. The van der Waals surface area contributed by atoms with E-state index in [0.717, 1.165) is 31.6 Å². The molecule has 3 nitrogen and oxygen atoms in total. The largest absolute Gasteiger partial charge is 0.379 e. The van der Waals surface area contributed by atoms with Crippen LogP contribution in [0.3, 0.4) is 0 Å². The van der Waals surface area contributed by atoms with Crippen LogP contribution in [0.25, 0.3) is 27.8 Å². The van der Waals surface area contributed by atoms with Gasteiger partial charge in [0.15, 0.2) is 0 Å². The minimum Gasteiger partial charge on any atom is -0.379 e. The first-order valence-electron chi connectivity index (χ1n) is 13.0. The van der Waals surface area contributed by atoms with Crippen LogP contribution in [-0.4, -0.2) is 23.0 Å². The van der Waals surface area contributed by atoms with Gasteiger partial charge in [-0.2, -0.15) is 0 Å². The highest BCUT2D eigenvalue weighted by atomic mass is 15.1. The molecule has 0 fully saturated rings. The Morgan fingerprint density at radius 2 is 1.72 bits per heavy atom. The predicted molar refractivity (Wildman–Crippen MR) is 152 cm³/mol. The lowest BCUT2D eigenvalue weighted by Crippen LogP contribution is -2.32. The van der Waals surface area contributed by atoms with Gasteiger partial charge in [0.05, 0.1) is 11.6 Å². The van der Waals surface area contributed by atoms with E-state index in [4.69, 9.17) is 4.99 Å². The molecule has 176 valence electrons. The van der Waals surface area contributed by atoms with Gasteiger partial charge >= 0.3 is 0 Å². The molecule has 3 aromatic carbocycles. The van der Waals surface area contributed by atoms with Crippen molar-refractivity contribution in [2.75, 3.05) is 6.54 Å². The molecule has 1 N–H and O–H groups in total. The van der Waals surface area contributed by atoms with Gasteiger partial charge < -0.3 is 5.32 Å². The van der Waals surface area contributed by atoms with Crippen molar-refractivity contribution in [3.05, 3.63) is 126 Å². The zero-order chi connectivity index (χ0) is 23.9. The van der Waals surface area contributed by atoms with E-state index in [2.05, 4.69) is 119 Å². The molecule has 3 aliphatic rings. The van der Waals surface area contributed by atoms with Gasteiger partial charge in [0.25, 0.3) is 0 Å². The Morgan fingerprint density at radius 1 is 0.833 bits per heavy atom. The van der Waals surface area contributed by atoms with Crippen LogP contribution < -0.4 is 5.32 Å². The summed E-state index contributed by atoms with van der Waals surface area (Å²) in [5, 5.41) is 7.69. The van der Waals surface area contributed by atoms with Crippen LogP contribution in [-0.2, 0) is 6.42 Å². The number of hydrogen-bond donors (Lipinski definition) is 1. The molecule has 0 amide bonds. The second-order valence-corrected chi connectivity index (χ2v) is 9.90. The van der Waals surface area contributed by atoms with E-state index in [1.54, 1.807) is 0 Å². The summed E-state index contributed by atoms with van der Waals surface area (Å²) < 4.78 is 2.43. The van der Waals surface area contributed by atoms with Crippen LogP contribution in [0.15, 0.2) is 114 Å². The zero-order valence-electron chi connectivity index (χ0n) is 20.3. The number of benzene rings is 3. The molecular formula is C33H29N3. The van der Waals surface area contributed by atoms with E-state index in [0.29, 0.717) is 5.92 Å². The molecule has 0 radical (unpaired) electrons. The van der Waals surface area contributed by atoms with Crippen molar-refractivity contribution in [3.8, 4) is 0 Å². The molecule has 4 aromatic rings. The van der Waals surface area contributed by atoms with Crippen molar-refractivity contribution in [2.45, 2.75) is 31.2 Å². The number of dihydropyridines is 1. The fourth-order valence-corrected chi connectivity index (χ4v) is 5.92. The average Bonchev–Trinajstić information content (AvgIpc) is 3.28. The highest BCUT2D eigenvalue weighted by Crippen LogP contribution is 2.36. The Bertz CT molecular complexity index is 1610. The van der Waals surface area contributed by atoms with Crippen LogP contribution in [0.5, 0.6) is 0 Å². The Kier molecular flexibility index (Phi) is 5.20. The minimum atomic E-state index is 0.227. The maximum Gasteiger partial charge on any atom is 0.132 e. The van der Waals surface area contributed by atoms with Crippen LogP contribution in [0, 0.1) is 0 Å². The number of aromatic nitrogens is 1. The normalized spacial score (nSPS) is 20.9. The summed E-state index contributed by atoms with van der Waals surface area (Å²) in [5.41, 5.74) is 6.51. The summed E-state index contributed by atoms with van der Waals surface area (Å²) >= 11 is 0. The van der Waals surface area contributed by atoms with Gasteiger partial charge in [0.2, 0.25) is 0 Å². The average molecular weight is 468 g/mol. The summed E-state index contributed by atoms with van der Waals surface area (Å²) in [4.78, 5) is 4.95. The van der Waals surface area contributed by atoms with Gasteiger partial charge in [-0.15, -0.1) is 0 Å². The van der Waals surface area contributed by atoms with Crippen molar-refractivity contribution >= 4 is 33.6 Å². The Morgan fingerprint density at radius 3 is 2.61 bits per heavy atom. The highest BCUT2D eigenvalue weighted by molar-refractivity contribution is 6.15. The van der Waals surface area contributed by atoms with Crippen molar-refractivity contribution < 1.29 is 0 Å². The second-order valence-electron chi connectivity index (χ2n) is 9.90. The number of nitrogens with one attached hydrogen (secondary N) is 1. The van der Waals surface area contributed by atoms with Gasteiger partial charge in [-0.05, 0) is 35.9 Å². The first kappa shape index (κ1) is 21.2. The van der Waals surface area contributed by atoms with E-state index in [1.807, 2.05) is 0 Å². The molecule has 1 aliphatic heterocycles. The summed E-state index contributed by atoms with van der Waals surface area (Å²) in [6.45, 7) is 0.848. The van der Waals surface area contributed by atoms with Crippen molar-refractivity contribution in [2.24, 2.45) is 4.99 Å². The number of fused-ring (bicyclic) bond motifs is 5. The van der Waals surface area contributed by atoms with Crippen LogP contribution in [0.4, 0.5) is 0 Å². The standard InChI is InChI=1S/C33H29N3/c1-2-9-23(10-3-1)25-12-8-13-26(21-25)35-27-17-19-29-30-18-16-24-11-4-5-14-28(24)33(30)36(31(29)22-27)32-15-6-7-20-34-32/h1-6,8-11,13-19,21,25,27,35H,7,12,20,22H2. The Balaban J connectivity index is 1.29. The number of nitrogens with zero attached hydrogens (tertiary/aromatic N) is 2. The summed E-state index contributed by atoms with van der Waals surface area (Å²) in [6.07, 6.45) is 19.0. The number of hydrogen-bond acceptors (Lipinski definition) is 2. The molecule has 1 aromatic heterocycles. The third kappa shape index (κ3) is 3.63. The molecule has 0 saturated carbocycles. The lowest BCUT2D eigenvalue weighted by Gasteiger charge is -2.25. The molecule has 2 heterocycles. The smallest absolute Gasteiger partial charge is 0.132 e. The molecule has 2 unspecified atom stereocenters. The Labute approximate surface area is 211 Å². The fraction of sp³-hybridized carbons (Fsp3) is 0.182.